The fourth-order valence-corrected chi connectivity index (χ4v) is 3.65. The maximum Gasteiger partial charge on any atom is 0.289 e. The quantitative estimate of drug-likeness (QED) is 0.544. The normalized spacial score (nSPS) is 11.3. The summed E-state index contributed by atoms with van der Waals surface area (Å²) in [4.78, 5) is 17.2. The first-order valence-corrected chi connectivity index (χ1v) is 8.98. The van der Waals surface area contributed by atoms with Crippen LogP contribution in [0.25, 0.3) is 10.9 Å². The highest BCUT2D eigenvalue weighted by molar-refractivity contribution is 7.99. The van der Waals surface area contributed by atoms with Crippen LogP contribution in [0.1, 0.15) is 5.56 Å². The molecule has 0 aliphatic carbocycles. The van der Waals surface area contributed by atoms with Gasteiger partial charge in [0.25, 0.3) is 11.3 Å². The van der Waals surface area contributed by atoms with Crippen LogP contribution in [-0.2, 0) is 6.54 Å². The van der Waals surface area contributed by atoms with Gasteiger partial charge < -0.3 is 4.74 Å². The maximum absolute atomic E-state index is 12.7. The zero-order chi connectivity index (χ0) is 18.8. The molecule has 4 nitrogen and oxygen atoms in total. The van der Waals surface area contributed by atoms with Crippen LogP contribution in [0.3, 0.4) is 0 Å². The second-order valence-electron chi connectivity index (χ2n) is 5.33. The van der Waals surface area contributed by atoms with Crippen molar-refractivity contribution in [2.24, 2.45) is 0 Å². The Morgan fingerprint density at radius 1 is 1.27 bits per heavy atom. The number of fused-ring (bicyclic) bond motifs is 1. The van der Waals surface area contributed by atoms with Gasteiger partial charge in [-0.05, 0) is 29.8 Å². The third-order valence-corrected chi connectivity index (χ3v) is 4.92. The first-order valence-electron chi connectivity index (χ1n) is 7.35. The molecule has 0 saturated heterocycles. The van der Waals surface area contributed by atoms with Crippen molar-refractivity contribution in [1.82, 2.24) is 9.55 Å². The Morgan fingerprint density at radius 2 is 2.04 bits per heavy atom. The lowest BCUT2D eigenvalue weighted by molar-refractivity contribution is 0.251. The molecule has 1 aromatic heterocycles. The summed E-state index contributed by atoms with van der Waals surface area (Å²) in [7, 11) is 1.41. The molecule has 26 heavy (non-hydrogen) atoms. The third-order valence-electron chi connectivity index (χ3n) is 3.64. The van der Waals surface area contributed by atoms with Crippen LogP contribution < -0.4 is 10.3 Å². The van der Waals surface area contributed by atoms with E-state index in [1.54, 1.807) is 12.1 Å². The molecule has 0 N–H and O–H groups in total. The maximum atomic E-state index is 12.7. The summed E-state index contributed by atoms with van der Waals surface area (Å²) >= 11 is 12.4. The van der Waals surface area contributed by atoms with Crippen molar-refractivity contribution in [3.63, 3.8) is 0 Å². The van der Waals surface area contributed by atoms with Gasteiger partial charge in [0.15, 0.2) is 0 Å². The minimum atomic E-state index is -2.54. The molecule has 0 fully saturated rings. The summed E-state index contributed by atoms with van der Waals surface area (Å²) in [6.07, 6.45) is 1.39. The molecule has 1 heterocycles. The number of methoxy groups -OCH3 is 1. The number of rotatable bonds is 5. The molecule has 136 valence electrons. The van der Waals surface area contributed by atoms with E-state index < -0.39 is 5.76 Å². The minimum Gasteiger partial charge on any atom is -0.496 e. The van der Waals surface area contributed by atoms with E-state index in [4.69, 9.17) is 27.9 Å². The molecular weight excluding hydrogens is 405 g/mol. The van der Waals surface area contributed by atoms with Gasteiger partial charge in [-0.1, -0.05) is 41.0 Å². The number of thioether (sulfide) groups is 1. The highest BCUT2D eigenvalue weighted by Crippen LogP contribution is 2.34. The van der Waals surface area contributed by atoms with Crippen LogP contribution in [-0.4, -0.2) is 22.4 Å². The van der Waals surface area contributed by atoms with Gasteiger partial charge in [0, 0.05) is 5.02 Å². The van der Waals surface area contributed by atoms with Gasteiger partial charge in [-0.25, -0.2) is 4.98 Å². The zero-order valence-corrected chi connectivity index (χ0v) is 15.7. The fraction of sp³-hybridized carbons (Fsp3) is 0.176. The van der Waals surface area contributed by atoms with Gasteiger partial charge in [-0.3, -0.25) is 9.36 Å². The second kappa shape index (κ2) is 7.82. The lowest BCUT2D eigenvalue weighted by Gasteiger charge is -2.12. The summed E-state index contributed by atoms with van der Waals surface area (Å²) in [5, 5.41) is 0.947. The van der Waals surface area contributed by atoms with Crippen molar-refractivity contribution in [1.29, 1.82) is 0 Å². The topological polar surface area (TPSA) is 44.1 Å². The van der Waals surface area contributed by atoms with Crippen LogP contribution >= 0.6 is 35.0 Å². The van der Waals surface area contributed by atoms with Crippen molar-refractivity contribution < 1.29 is 13.5 Å². The van der Waals surface area contributed by atoms with Gasteiger partial charge in [0.2, 0.25) is 0 Å². The van der Waals surface area contributed by atoms with E-state index >= 15 is 0 Å². The van der Waals surface area contributed by atoms with E-state index in [1.807, 2.05) is 0 Å². The number of nitrogens with zero attached hydrogens (tertiary/aromatic N) is 2. The highest BCUT2D eigenvalue weighted by Gasteiger charge is 2.13. The van der Waals surface area contributed by atoms with Crippen molar-refractivity contribution in [3.8, 4) is 5.75 Å². The Bertz CT molecular complexity index is 1030. The molecule has 0 spiro atoms. The molecule has 0 aliphatic rings. The van der Waals surface area contributed by atoms with Gasteiger partial charge in [0.05, 0.1) is 40.8 Å². The highest BCUT2D eigenvalue weighted by atomic mass is 35.5. The molecule has 0 radical (unpaired) electrons. The number of aromatic nitrogens is 2. The van der Waals surface area contributed by atoms with Crippen LogP contribution in [0.15, 0.2) is 46.3 Å². The van der Waals surface area contributed by atoms with E-state index in [1.165, 1.54) is 36.2 Å². The fourth-order valence-electron chi connectivity index (χ4n) is 2.51. The molecule has 0 saturated carbocycles. The summed E-state index contributed by atoms with van der Waals surface area (Å²) in [6, 6.07) is 7.85. The number of ether oxygens (including phenoxy) is 1. The molecule has 0 bridgehead atoms. The summed E-state index contributed by atoms with van der Waals surface area (Å²) in [5.41, 5.74) is 0.778. The number of halogens is 4. The van der Waals surface area contributed by atoms with E-state index in [0.717, 1.165) is 0 Å². The predicted octanol–water partition coefficient (Wildman–Crippen LogP) is 5.07. The predicted molar refractivity (Wildman–Crippen MR) is 100.0 cm³/mol. The molecule has 2 aromatic carbocycles. The molecule has 0 aliphatic heterocycles. The smallest absolute Gasteiger partial charge is 0.289 e. The van der Waals surface area contributed by atoms with Crippen LogP contribution in [0, 0.1) is 0 Å². The van der Waals surface area contributed by atoms with Crippen molar-refractivity contribution in [2.75, 3.05) is 7.11 Å². The summed E-state index contributed by atoms with van der Waals surface area (Å²) in [6.45, 7) is 0.196. The van der Waals surface area contributed by atoms with Crippen molar-refractivity contribution in [2.45, 2.75) is 17.2 Å². The van der Waals surface area contributed by atoms with Gasteiger partial charge in [0.1, 0.15) is 5.75 Å². The molecule has 0 atom stereocenters. The van der Waals surface area contributed by atoms with Crippen molar-refractivity contribution in [3.05, 3.63) is 62.6 Å². The van der Waals surface area contributed by atoms with Crippen LogP contribution in [0.4, 0.5) is 8.78 Å². The average molecular weight is 417 g/mol. The van der Waals surface area contributed by atoms with Crippen molar-refractivity contribution >= 4 is 45.9 Å². The second-order valence-corrected chi connectivity index (χ2v) is 7.20. The largest absolute Gasteiger partial charge is 0.496 e. The summed E-state index contributed by atoms with van der Waals surface area (Å²) < 4.78 is 31.7. The Kier molecular flexibility index (Phi) is 5.70. The Labute approximate surface area is 161 Å². The number of hydrogen-bond acceptors (Lipinski definition) is 4. The van der Waals surface area contributed by atoms with Crippen LogP contribution in [0.5, 0.6) is 5.75 Å². The van der Waals surface area contributed by atoms with E-state index in [-0.39, 0.29) is 12.1 Å². The first kappa shape index (κ1) is 18.9. The average Bonchev–Trinajstić information content (AvgIpc) is 2.58. The van der Waals surface area contributed by atoms with Gasteiger partial charge >= 0.3 is 0 Å². The Balaban J connectivity index is 1.99. The third kappa shape index (κ3) is 3.95. The van der Waals surface area contributed by atoms with E-state index in [2.05, 4.69) is 4.98 Å². The monoisotopic (exact) mass is 416 g/mol. The molecule has 9 heteroatoms. The van der Waals surface area contributed by atoms with E-state index in [0.29, 0.717) is 48.9 Å². The SMILES string of the molecule is COc1cc(Cn2cnc3c(Cl)cc(Cl)cc3c2=O)ccc1SC(F)F. The number of hydrogen-bond donors (Lipinski definition) is 0. The van der Waals surface area contributed by atoms with E-state index in [9.17, 15) is 13.6 Å². The first-order chi connectivity index (χ1) is 12.4. The molecule has 3 aromatic rings. The minimum absolute atomic E-state index is 0.196. The molecular formula is C17H12Cl2F2N2O2S. The van der Waals surface area contributed by atoms with Crippen LogP contribution in [0.2, 0.25) is 10.0 Å². The number of benzene rings is 2. The molecule has 0 unspecified atom stereocenters. The lowest BCUT2D eigenvalue weighted by atomic mass is 10.2. The number of alkyl halides is 2. The molecule has 0 amide bonds. The zero-order valence-electron chi connectivity index (χ0n) is 13.4. The Hall–Kier alpha value is -1.83. The van der Waals surface area contributed by atoms with Gasteiger partial charge in [-0.15, -0.1) is 0 Å². The summed E-state index contributed by atoms with van der Waals surface area (Å²) in [5.74, 6) is -2.22. The molecule has 3 rings (SSSR count). The lowest BCUT2D eigenvalue weighted by Crippen LogP contribution is -2.21. The van der Waals surface area contributed by atoms with Gasteiger partial charge in [-0.2, -0.15) is 8.78 Å². The Morgan fingerprint density at radius 3 is 2.73 bits per heavy atom. The standard InChI is InChI=1S/C17H12Cl2F2N2O2S/c1-25-13-4-9(2-3-14(13)26-17(20)21)7-23-8-22-15-11(16(23)24)5-10(18)6-12(15)19/h2-6,8,17H,7H2,1H3.